The van der Waals surface area contributed by atoms with Gasteiger partial charge < -0.3 is 38.1 Å². The molecule has 0 aromatic heterocycles. The van der Waals surface area contributed by atoms with Gasteiger partial charge in [-0.2, -0.15) is 13.1 Å². The first-order valence-electron chi connectivity index (χ1n) is 17.4. The highest BCUT2D eigenvalue weighted by Crippen LogP contribution is 2.52. The molecule has 0 saturated heterocycles. The molecule has 308 valence electrons. The van der Waals surface area contributed by atoms with Crippen LogP contribution >= 0.6 is 0 Å². The zero-order chi connectivity index (χ0) is 41.2. The van der Waals surface area contributed by atoms with E-state index >= 15 is 0 Å². The van der Waals surface area contributed by atoms with Crippen LogP contribution in [0.15, 0.2) is 48.5 Å². The van der Waals surface area contributed by atoms with Crippen molar-refractivity contribution in [1.82, 2.24) is 14.3 Å². The molecule has 0 heterocycles. The van der Waals surface area contributed by atoms with Gasteiger partial charge in [-0.3, -0.25) is 20.2 Å². The molecule has 1 saturated carbocycles. The summed E-state index contributed by atoms with van der Waals surface area (Å²) in [6, 6.07) is 9.18. The molecule has 22 nitrogen and oxygen atoms in total. The quantitative estimate of drug-likeness (QED) is 0.0366. The Morgan fingerprint density at radius 2 is 1.23 bits per heavy atom. The third-order valence-corrected chi connectivity index (χ3v) is 9.39. The molecule has 23 heteroatoms. The summed E-state index contributed by atoms with van der Waals surface area (Å²) in [6.45, 7) is -2.21. The zero-order valence-electron chi connectivity index (χ0n) is 30.2. The Balaban J connectivity index is 1.14. The molecular formula is C34H39N5O17S. The monoisotopic (exact) mass is 821 g/mol. The minimum atomic E-state index is -4.24. The van der Waals surface area contributed by atoms with Crippen LogP contribution in [0.25, 0.3) is 0 Å². The Hall–Kier alpha value is -6.25. The fourth-order valence-corrected chi connectivity index (χ4v) is 6.26. The molecule has 0 radical (unpaired) electrons. The van der Waals surface area contributed by atoms with Crippen LogP contribution in [0.5, 0.6) is 11.5 Å². The molecule has 2 amide bonds. The number of carbonyl (C=O) groups excluding carboxylic acids is 4. The number of amides is 2. The van der Waals surface area contributed by atoms with Gasteiger partial charge in [0.25, 0.3) is 11.4 Å². The normalized spacial score (nSPS) is 16.7. The van der Waals surface area contributed by atoms with Crippen LogP contribution in [0.1, 0.15) is 25.7 Å². The zero-order valence-corrected chi connectivity index (χ0v) is 31.0. The van der Waals surface area contributed by atoms with Crippen molar-refractivity contribution in [3.05, 3.63) is 68.8 Å². The molecule has 4 rings (SSSR count). The lowest BCUT2D eigenvalue weighted by Gasteiger charge is -2.21. The second-order valence-corrected chi connectivity index (χ2v) is 13.6. The van der Waals surface area contributed by atoms with Crippen LogP contribution in [-0.4, -0.2) is 107 Å². The average molecular weight is 822 g/mol. The first-order valence-corrected chi connectivity index (χ1v) is 18.9. The Labute approximate surface area is 325 Å². The fourth-order valence-electron chi connectivity index (χ4n) is 5.55. The number of rotatable bonds is 20. The number of nitrogens with zero attached hydrogens (tertiary/aromatic N) is 3. The lowest BCUT2D eigenvalue weighted by molar-refractivity contribution is -0.385. The number of non-ortho nitro benzene ring substituents is 2. The van der Waals surface area contributed by atoms with Gasteiger partial charge >= 0.3 is 34.7 Å². The maximum Gasteiger partial charge on any atom is 0.513 e. The largest absolute Gasteiger partial charge is 0.513 e. The third kappa shape index (κ3) is 15.4. The van der Waals surface area contributed by atoms with Gasteiger partial charge in [0.15, 0.2) is 0 Å². The highest BCUT2D eigenvalue weighted by Gasteiger charge is 2.49. The summed E-state index contributed by atoms with van der Waals surface area (Å²) in [5, 5.41) is 21.6. The van der Waals surface area contributed by atoms with Crippen LogP contribution in [0.2, 0.25) is 0 Å². The molecule has 2 aromatic rings. The Morgan fingerprint density at radius 3 is 1.72 bits per heavy atom. The number of hydrogen-bond acceptors (Lipinski definition) is 17. The van der Waals surface area contributed by atoms with Crippen molar-refractivity contribution in [2.24, 2.45) is 17.8 Å². The molecule has 2 aromatic carbocycles. The number of benzene rings is 2. The first kappa shape index (κ1) is 43.5. The van der Waals surface area contributed by atoms with Gasteiger partial charge in [-0.15, -0.1) is 11.8 Å². The van der Waals surface area contributed by atoms with E-state index in [1.807, 2.05) is 0 Å². The van der Waals surface area contributed by atoms with Gasteiger partial charge in [0.05, 0.1) is 42.8 Å². The summed E-state index contributed by atoms with van der Waals surface area (Å²) in [6.07, 6.45) is -0.990. The van der Waals surface area contributed by atoms with E-state index in [9.17, 15) is 47.8 Å². The smallest absolute Gasteiger partial charge is 0.449 e. The number of nitro benzene ring substituents is 2. The van der Waals surface area contributed by atoms with E-state index in [1.165, 1.54) is 24.3 Å². The molecule has 0 spiro atoms. The molecule has 0 bridgehead atoms. The summed E-state index contributed by atoms with van der Waals surface area (Å²) < 4.78 is 63.7. The van der Waals surface area contributed by atoms with E-state index in [1.54, 1.807) is 4.72 Å². The van der Waals surface area contributed by atoms with Gasteiger partial charge in [0.2, 0.25) is 0 Å². The number of fused-ring (bicyclic) bond motifs is 1. The van der Waals surface area contributed by atoms with Crippen LogP contribution in [0.3, 0.4) is 0 Å². The molecular weight excluding hydrogens is 782 g/mol. The van der Waals surface area contributed by atoms with Crippen LogP contribution in [-0.2, 0) is 33.9 Å². The lowest BCUT2D eigenvalue weighted by Crippen LogP contribution is -2.42. The van der Waals surface area contributed by atoms with E-state index < -0.39 is 57.8 Å². The SMILES string of the molecule is O=C(NS(=O)(=O)NCCOCCOC(=O)N(CCOC(=O)Oc1ccc([N+](=O)[O-])cc1)CCOC(=O)Oc1ccc([N+](=O)[O-])cc1)OC[C@@H]1[C@@H]2CCC#CCC[C@@H]21. The van der Waals surface area contributed by atoms with Crippen LogP contribution in [0, 0.1) is 49.8 Å². The Morgan fingerprint density at radius 1 is 0.719 bits per heavy atom. The maximum absolute atomic E-state index is 12.8. The number of nitro groups is 2. The third-order valence-electron chi connectivity index (χ3n) is 8.37. The van der Waals surface area contributed by atoms with E-state index in [0.29, 0.717) is 11.8 Å². The maximum atomic E-state index is 12.8. The second kappa shape index (κ2) is 21.7. The number of carbonyl (C=O) groups is 4. The van der Waals surface area contributed by atoms with E-state index in [-0.39, 0.29) is 74.9 Å². The molecule has 2 N–H and O–H groups in total. The lowest BCUT2D eigenvalue weighted by atomic mass is 10.1. The molecule has 2 aliphatic carbocycles. The second-order valence-electron chi connectivity index (χ2n) is 12.1. The molecule has 57 heavy (non-hydrogen) atoms. The van der Waals surface area contributed by atoms with Crippen LogP contribution < -0.4 is 18.9 Å². The topological polar surface area (TPSA) is 281 Å². The van der Waals surface area contributed by atoms with Gasteiger partial charge in [-0.1, -0.05) is 0 Å². The van der Waals surface area contributed by atoms with Crippen molar-refractivity contribution in [3.63, 3.8) is 0 Å². The summed E-state index contributed by atoms with van der Waals surface area (Å²) >= 11 is 0. The molecule has 2 aliphatic rings. The summed E-state index contributed by atoms with van der Waals surface area (Å²) in [5.41, 5.74) is -0.457. The molecule has 1 fully saturated rings. The van der Waals surface area contributed by atoms with E-state index in [4.69, 9.17) is 33.2 Å². The van der Waals surface area contributed by atoms with Gasteiger partial charge in [-0.25, -0.2) is 23.9 Å². The summed E-state index contributed by atoms with van der Waals surface area (Å²) in [5.74, 6) is 7.13. The van der Waals surface area contributed by atoms with Crippen molar-refractivity contribution >= 4 is 46.1 Å². The van der Waals surface area contributed by atoms with Crippen molar-refractivity contribution in [2.75, 3.05) is 59.3 Å². The Kier molecular flexibility index (Phi) is 16.6. The Bertz CT molecular complexity index is 1810. The van der Waals surface area contributed by atoms with Gasteiger partial charge in [-0.05, 0) is 54.9 Å². The van der Waals surface area contributed by atoms with Crippen molar-refractivity contribution in [2.45, 2.75) is 25.7 Å². The first-order chi connectivity index (χ1) is 27.3. The van der Waals surface area contributed by atoms with Crippen molar-refractivity contribution < 1.29 is 70.6 Å². The van der Waals surface area contributed by atoms with E-state index in [2.05, 4.69) is 16.6 Å². The number of hydrogen-bond donors (Lipinski definition) is 2. The van der Waals surface area contributed by atoms with Crippen molar-refractivity contribution in [1.29, 1.82) is 0 Å². The summed E-state index contributed by atoms with van der Waals surface area (Å²) in [4.78, 5) is 70.5. The minimum absolute atomic E-state index is 0.0450. The van der Waals surface area contributed by atoms with Crippen LogP contribution in [0.4, 0.5) is 30.6 Å². The molecule has 3 atom stereocenters. The number of nitrogens with one attached hydrogen (secondary N) is 2. The standard InChI is InChI=1S/C34H39N5O17S/c40-31(54-23-30-28-5-3-1-2-4-6-29(28)30)36-57(48,49)35-15-18-50-21-22-51-32(41)37(16-19-52-33(42)55-26-11-7-24(8-12-26)38(44)45)17-20-53-34(43)56-27-13-9-25(10-14-27)39(46)47/h7-14,28-30,35H,3-6,15-23H2,(H,36,40)/t28-,29+,30-. The number of ether oxygens (including phenoxy) is 7. The predicted molar refractivity (Wildman–Crippen MR) is 192 cm³/mol. The predicted octanol–water partition coefficient (Wildman–Crippen LogP) is 3.69. The summed E-state index contributed by atoms with van der Waals surface area (Å²) in [7, 11) is -4.24. The molecule has 0 unspecified atom stereocenters. The van der Waals surface area contributed by atoms with Crippen molar-refractivity contribution in [3.8, 4) is 23.3 Å². The highest BCUT2D eigenvalue weighted by molar-refractivity contribution is 7.88. The van der Waals surface area contributed by atoms with E-state index in [0.717, 1.165) is 54.8 Å². The molecule has 0 aliphatic heterocycles. The average Bonchev–Trinajstić information content (AvgIpc) is 3.81. The van der Waals surface area contributed by atoms with Gasteiger partial charge in [0.1, 0.15) is 31.3 Å². The fraction of sp³-hybridized carbons (Fsp3) is 0.471. The minimum Gasteiger partial charge on any atom is -0.449 e. The van der Waals surface area contributed by atoms with Gasteiger partial charge in [0, 0.05) is 43.7 Å². The highest BCUT2D eigenvalue weighted by atomic mass is 32.2.